The first-order chi connectivity index (χ1) is 18.7. The van der Waals surface area contributed by atoms with Crippen LogP contribution in [0.3, 0.4) is 0 Å². The first kappa shape index (κ1) is 27.6. The number of nitrogens with zero attached hydrogens (tertiary/aromatic N) is 4. The highest BCUT2D eigenvalue weighted by molar-refractivity contribution is 7.89. The van der Waals surface area contributed by atoms with Crippen molar-refractivity contribution < 1.29 is 13.2 Å². The average molecular weight is 588 g/mol. The number of ether oxygens (including phenoxy) is 1. The number of para-hydroxylation sites is 1. The zero-order chi connectivity index (χ0) is 27.7. The van der Waals surface area contributed by atoms with Gasteiger partial charge in [-0.25, -0.2) is 13.4 Å². The molecule has 2 heterocycles. The standard InChI is InChI=1S/C28H28Cl2N4O4S/c1-3-38-22-11-9-21(10-12-22)34-27(31-25-7-5-4-6-23(25)28(34)35)19(2)32-14-16-33(17-15-32)39(36,37)26-18-20(29)8-13-24(26)30/h4-13,18-19H,3,14-17H2,1-2H3. The van der Waals surface area contributed by atoms with Crippen LogP contribution in [0.5, 0.6) is 5.75 Å². The van der Waals surface area contributed by atoms with Crippen LogP contribution in [0.4, 0.5) is 0 Å². The first-order valence-electron chi connectivity index (χ1n) is 12.6. The Bertz CT molecular complexity index is 1670. The summed E-state index contributed by atoms with van der Waals surface area (Å²) < 4.78 is 35.2. The van der Waals surface area contributed by atoms with E-state index in [2.05, 4.69) is 4.90 Å². The highest BCUT2D eigenvalue weighted by atomic mass is 35.5. The van der Waals surface area contributed by atoms with E-state index in [1.165, 1.54) is 16.4 Å². The highest BCUT2D eigenvalue weighted by Gasteiger charge is 2.33. The van der Waals surface area contributed by atoms with Crippen LogP contribution < -0.4 is 10.3 Å². The Morgan fingerprint density at radius 2 is 1.67 bits per heavy atom. The van der Waals surface area contributed by atoms with Gasteiger partial charge in [0.25, 0.3) is 5.56 Å². The predicted octanol–water partition coefficient (Wildman–Crippen LogP) is 5.16. The topological polar surface area (TPSA) is 84.7 Å². The van der Waals surface area contributed by atoms with Gasteiger partial charge in [0.15, 0.2) is 0 Å². The second kappa shape index (κ2) is 11.3. The average Bonchev–Trinajstić information content (AvgIpc) is 2.94. The van der Waals surface area contributed by atoms with Gasteiger partial charge in [0.05, 0.1) is 34.3 Å². The molecule has 3 aromatic carbocycles. The van der Waals surface area contributed by atoms with E-state index in [4.69, 9.17) is 32.9 Å². The van der Waals surface area contributed by atoms with Gasteiger partial charge >= 0.3 is 0 Å². The summed E-state index contributed by atoms with van der Waals surface area (Å²) in [4.78, 5) is 20.7. The molecule has 39 heavy (non-hydrogen) atoms. The lowest BCUT2D eigenvalue weighted by Gasteiger charge is -2.37. The van der Waals surface area contributed by atoms with Crippen LogP contribution in [-0.4, -0.2) is 60.0 Å². The van der Waals surface area contributed by atoms with Crippen LogP contribution >= 0.6 is 23.2 Å². The van der Waals surface area contributed by atoms with Gasteiger partial charge in [-0.05, 0) is 68.4 Å². The van der Waals surface area contributed by atoms with Crippen molar-refractivity contribution >= 4 is 44.1 Å². The van der Waals surface area contributed by atoms with Crippen LogP contribution in [0.25, 0.3) is 16.6 Å². The molecule has 1 aliphatic rings. The number of rotatable bonds is 7. The lowest BCUT2D eigenvalue weighted by atomic mass is 10.1. The number of halogens is 2. The molecular formula is C28H28Cl2N4O4S. The maximum Gasteiger partial charge on any atom is 0.266 e. The molecule has 0 saturated carbocycles. The van der Waals surface area contributed by atoms with Crippen molar-refractivity contribution in [3.63, 3.8) is 0 Å². The van der Waals surface area contributed by atoms with Gasteiger partial charge in [0, 0.05) is 31.2 Å². The molecule has 0 amide bonds. The number of sulfonamides is 1. The van der Waals surface area contributed by atoms with Gasteiger partial charge in [-0.3, -0.25) is 14.3 Å². The van der Waals surface area contributed by atoms with Crippen LogP contribution in [0.1, 0.15) is 25.7 Å². The maximum absolute atomic E-state index is 13.7. The minimum atomic E-state index is -3.82. The molecular weight excluding hydrogens is 559 g/mol. The molecule has 204 valence electrons. The van der Waals surface area contributed by atoms with Crippen molar-refractivity contribution in [3.05, 3.63) is 93.0 Å². The van der Waals surface area contributed by atoms with Gasteiger partial charge < -0.3 is 4.74 Å². The SMILES string of the molecule is CCOc1ccc(-n2c(C(C)N3CCN(S(=O)(=O)c4cc(Cl)ccc4Cl)CC3)nc3ccccc3c2=O)cc1. The molecule has 0 bridgehead atoms. The third-order valence-corrected chi connectivity index (χ3v) is 9.53. The molecule has 1 aliphatic heterocycles. The summed E-state index contributed by atoms with van der Waals surface area (Å²) in [6.07, 6.45) is 0. The fraction of sp³-hybridized carbons (Fsp3) is 0.286. The summed E-state index contributed by atoms with van der Waals surface area (Å²) in [6.45, 7) is 5.87. The molecule has 0 spiro atoms. The number of hydrogen-bond donors (Lipinski definition) is 0. The van der Waals surface area contributed by atoms with Crippen molar-refractivity contribution in [1.82, 2.24) is 18.8 Å². The smallest absolute Gasteiger partial charge is 0.266 e. The molecule has 8 nitrogen and oxygen atoms in total. The van der Waals surface area contributed by atoms with E-state index in [1.54, 1.807) is 16.7 Å². The number of fused-ring (bicyclic) bond motifs is 1. The molecule has 4 aromatic rings. The van der Waals surface area contributed by atoms with Crippen molar-refractivity contribution in [2.75, 3.05) is 32.8 Å². The normalized spacial score (nSPS) is 15.9. The quantitative estimate of drug-likeness (QED) is 0.297. The van der Waals surface area contributed by atoms with Crippen molar-refractivity contribution in [3.8, 4) is 11.4 Å². The van der Waals surface area contributed by atoms with Gasteiger partial charge in [-0.2, -0.15) is 4.31 Å². The highest BCUT2D eigenvalue weighted by Crippen LogP contribution is 2.30. The van der Waals surface area contributed by atoms with E-state index >= 15 is 0 Å². The summed E-state index contributed by atoms with van der Waals surface area (Å²) in [5.74, 6) is 1.30. The first-order valence-corrected chi connectivity index (χ1v) is 14.8. The molecule has 11 heteroatoms. The Labute approximate surface area is 237 Å². The monoisotopic (exact) mass is 586 g/mol. The van der Waals surface area contributed by atoms with E-state index < -0.39 is 10.0 Å². The van der Waals surface area contributed by atoms with Crippen LogP contribution in [0, 0.1) is 0 Å². The summed E-state index contributed by atoms with van der Waals surface area (Å²) >= 11 is 12.2. The summed E-state index contributed by atoms with van der Waals surface area (Å²) in [7, 11) is -3.82. The lowest BCUT2D eigenvalue weighted by molar-refractivity contribution is 0.140. The Balaban J connectivity index is 1.46. The molecule has 0 radical (unpaired) electrons. The lowest BCUT2D eigenvalue weighted by Crippen LogP contribution is -2.49. The molecule has 1 saturated heterocycles. The van der Waals surface area contributed by atoms with Gasteiger partial charge in [0.1, 0.15) is 16.5 Å². The molecule has 0 N–H and O–H groups in total. The number of piperazine rings is 1. The molecule has 1 aromatic heterocycles. The Morgan fingerprint density at radius 3 is 2.36 bits per heavy atom. The van der Waals surface area contributed by atoms with Crippen LogP contribution in [0.2, 0.25) is 10.0 Å². The third kappa shape index (κ3) is 5.42. The van der Waals surface area contributed by atoms with Gasteiger partial charge in [-0.15, -0.1) is 0 Å². The van der Waals surface area contributed by atoms with Crippen molar-refractivity contribution in [2.24, 2.45) is 0 Å². The molecule has 1 fully saturated rings. The summed E-state index contributed by atoms with van der Waals surface area (Å²) in [6, 6.07) is 18.8. The maximum atomic E-state index is 13.7. The number of aromatic nitrogens is 2. The fourth-order valence-electron chi connectivity index (χ4n) is 4.85. The van der Waals surface area contributed by atoms with Crippen molar-refractivity contribution in [2.45, 2.75) is 24.8 Å². The Morgan fingerprint density at radius 1 is 0.974 bits per heavy atom. The predicted molar refractivity (Wildman–Crippen MR) is 154 cm³/mol. The van der Waals surface area contributed by atoms with E-state index in [-0.39, 0.29) is 34.6 Å². The second-order valence-corrected chi connectivity index (χ2v) is 12.0. The van der Waals surface area contributed by atoms with Gasteiger partial charge in [-0.1, -0.05) is 35.3 Å². The number of hydrogen-bond acceptors (Lipinski definition) is 6. The van der Waals surface area contributed by atoms with E-state index in [1.807, 2.05) is 56.3 Å². The molecule has 5 rings (SSSR count). The second-order valence-electron chi connectivity index (χ2n) is 9.25. The van der Waals surface area contributed by atoms with Gasteiger partial charge in [0.2, 0.25) is 10.0 Å². The molecule has 1 atom stereocenters. The zero-order valence-corrected chi connectivity index (χ0v) is 23.9. The largest absolute Gasteiger partial charge is 0.494 e. The van der Waals surface area contributed by atoms with E-state index in [0.717, 1.165) is 5.75 Å². The van der Waals surface area contributed by atoms with E-state index in [9.17, 15) is 13.2 Å². The fourth-order valence-corrected chi connectivity index (χ4v) is 7.01. The summed E-state index contributed by atoms with van der Waals surface area (Å²) in [5, 5.41) is 0.964. The Hall–Kier alpha value is -2.95. The minimum Gasteiger partial charge on any atom is -0.494 e. The van der Waals surface area contributed by atoms with Crippen LogP contribution in [-0.2, 0) is 10.0 Å². The minimum absolute atomic E-state index is 0.00120. The molecule has 0 aliphatic carbocycles. The zero-order valence-electron chi connectivity index (χ0n) is 21.5. The summed E-state index contributed by atoms with van der Waals surface area (Å²) in [5.41, 5.74) is 1.13. The molecule has 1 unspecified atom stereocenters. The Kier molecular flexibility index (Phi) is 7.98. The van der Waals surface area contributed by atoms with E-state index in [0.29, 0.717) is 47.1 Å². The third-order valence-electron chi connectivity index (χ3n) is 6.91. The van der Waals surface area contributed by atoms with Crippen molar-refractivity contribution in [1.29, 1.82) is 0 Å². The number of benzene rings is 3. The van der Waals surface area contributed by atoms with Crippen LogP contribution in [0.15, 0.2) is 76.4 Å².